The minimum absolute atomic E-state index is 0.244. The zero-order chi connectivity index (χ0) is 15.1. The molecule has 1 unspecified atom stereocenters. The molecule has 2 aromatic carbocycles. The number of imidazole rings is 1. The van der Waals surface area contributed by atoms with E-state index in [0.717, 1.165) is 28.1 Å². The van der Waals surface area contributed by atoms with Crippen molar-refractivity contribution >= 4 is 45.8 Å². The summed E-state index contributed by atoms with van der Waals surface area (Å²) in [6, 6.07) is 11.6. The van der Waals surface area contributed by atoms with Crippen molar-refractivity contribution in [3.8, 4) is 5.69 Å². The molecule has 0 fully saturated rings. The number of aromatic nitrogens is 2. The van der Waals surface area contributed by atoms with Crippen LogP contribution in [0.5, 0.6) is 0 Å². The summed E-state index contributed by atoms with van der Waals surface area (Å²) in [6.07, 6.45) is 0. The largest absolute Gasteiger partial charge is 0.293 e. The van der Waals surface area contributed by atoms with Gasteiger partial charge in [0.1, 0.15) is 5.82 Å². The summed E-state index contributed by atoms with van der Waals surface area (Å²) in [6.45, 7) is 3.93. The topological polar surface area (TPSA) is 17.8 Å². The van der Waals surface area contributed by atoms with Crippen molar-refractivity contribution in [3.63, 3.8) is 0 Å². The maximum atomic E-state index is 6.38. The second-order valence-corrected chi connectivity index (χ2v) is 6.38. The van der Waals surface area contributed by atoms with Crippen molar-refractivity contribution in [3.05, 3.63) is 57.8 Å². The fraction of sp³-hybridized carbons (Fsp3) is 0.188. The van der Waals surface area contributed by atoms with Gasteiger partial charge in [-0.25, -0.2) is 4.98 Å². The molecule has 0 saturated heterocycles. The van der Waals surface area contributed by atoms with E-state index in [-0.39, 0.29) is 5.38 Å². The van der Waals surface area contributed by atoms with Crippen molar-refractivity contribution in [2.75, 3.05) is 0 Å². The van der Waals surface area contributed by atoms with E-state index in [0.29, 0.717) is 10.0 Å². The highest BCUT2D eigenvalue weighted by Crippen LogP contribution is 2.35. The quantitative estimate of drug-likeness (QED) is 0.528. The first kappa shape index (κ1) is 14.7. The molecule has 0 bridgehead atoms. The number of alkyl halides is 1. The van der Waals surface area contributed by atoms with Gasteiger partial charge in [0.25, 0.3) is 0 Å². The van der Waals surface area contributed by atoms with E-state index in [9.17, 15) is 0 Å². The number of nitrogens with zero attached hydrogens (tertiary/aromatic N) is 2. The molecule has 3 aromatic rings. The third-order valence-corrected chi connectivity index (χ3v) is 4.44. The van der Waals surface area contributed by atoms with E-state index in [1.807, 2.05) is 48.7 Å². The smallest absolute Gasteiger partial charge is 0.132 e. The average molecular weight is 340 g/mol. The van der Waals surface area contributed by atoms with Gasteiger partial charge in [0, 0.05) is 0 Å². The van der Waals surface area contributed by atoms with Crippen molar-refractivity contribution in [2.45, 2.75) is 19.2 Å². The first-order valence-electron chi connectivity index (χ1n) is 6.57. The van der Waals surface area contributed by atoms with Crippen LogP contribution in [0.4, 0.5) is 0 Å². The predicted molar refractivity (Wildman–Crippen MR) is 90.1 cm³/mol. The number of fused-ring (bicyclic) bond motifs is 1. The Morgan fingerprint density at radius 2 is 1.81 bits per heavy atom. The molecule has 1 aromatic heterocycles. The Morgan fingerprint density at radius 3 is 2.52 bits per heavy atom. The van der Waals surface area contributed by atoms with Crippen molar-refractivity contribution in [1.29, 1.82) is 0 Å². The first-order chi connectivity index (χ1) is 10.0. The molecule has 21 heavy (non-hydrogen) atoms. The molecule has 0 aliphatic heterocycles. The third-order valence-electron chi connectivity index (χ3n) is 3.44. The van der Waals surface area contributed by atoms with Crippen molar-refractivity contribution < 1.29 is 0 Å². The van der Waals surface area contributed by atoms with Gasteiger partial charge in [-0.3, -0.25) is 4.57 Å². The lowest BCUT2D eigenvalue weighted by Gasteiger charge is -2.13. The normalized spacial score (nSPS) is 12.8. The third kappa shape index (κ3) is 2.42. The Hall–Kier alpha value is -1.22. The zero-order valence-electron chi connectivity index (χ0n) is 11.6. The van der Waals surface area contributed by atoms with Gasteiger partial charge in [-0.05, 0) is 37.6 Å². The standard InChI is InChI=1S/C16H13Cl3N2/c1-9-5-3-8-13-15(9)20-16(10(2)17)21(13)12-7-4-6-11(18)14(12)19/h3-8,10H,1-2H3. The monoisotopic (exact) mass is 338 g/mol. The van der Waals surface area contributed by atoms with Crippen LogP contribution >= 0.6 is 34.8 Å². The summed E-state index contributed by atoms with van der Waals surface area (Å²) in [7, 11) is 0. The maximum Gasteiger partial charge on any atom is 0.132 e. The summed E-state index contributed by atoms with van der Waals surface area (Å²) in [4.78, 5) is 4.69. The number of benzene rings is 2. The summed E-state index contributed by atoms with van der Waals surface area (Å²) in [5, 5.41) is 0.766. The molecule has 1 heterocycles. The molecule has 0 N–H and O–H groups in total. The van der Waals surface area contributed by atoms with Crippen LogP contribution in [-0.4, -0.2) is 9.55 Å². The molecule has 0 spiro atoms. The molecule has 0 amide bonds. The molecule has 0 aliphatic carbocycles. The summed E-state index contributed by atoms with van der Waals surface area (Å²) in [5.74, 6) is 0.755. The molecule has 5 heteroatoms. The highest BCUT2D eigenvalue weighted by Gasteiger charge is 2.19. The van der Waals surface area contributed by atoms with Crippen LogP contribution in [0.25, 0.3) is 16.7 Å². The van der Waals surface area contributed by atoms with E-state index in [4.69, 9.17) is 34.8 Å². The van der Waals surface area contributed by atoms with Gasteiger partial charge in [0.15, 0.2) is 0 Å². The van der Waals surface area contributed by atoms with E-state index in [1.165, 1.54) is 0 Å². The zero-order valence-corrected chi connectivity index (χ0v) is 13.8. The molecule has 0 radical (unpaired) electrons. The summed E-state index contributed by atoms with van der Waals surface area (Å²) >= 11 is 18.8. The van der Waals surface area contributed by atoms with E-state index in [2.05, 4.69) is 4.98 Å². The summed E-state index contributed by atoms with van der Waals surface area (Å²) < 4.78 is 1.98. The van der Waals surface area contributed by atoms with Gasteiger partial charge in [-0.15, -0.1) is 11.6 Å². The average Bonchev–Trinajstić information content (AvgIpc) is 2.83. The second-order valence-electron chi connectivity index (χ2n) is 4.94. The lowest BCUT2D eigenvalue weighted by molar-refractivity contribution is 0.882. The van der Waals surface area contributed by atoms with Crippen LogP contribution in [-0.2, 0) is 0 Å². The second kappa shape index (κ2) is 5.53. The molecule has 2 nitrogen and oxygen atoms in total. The van der Waals surface area contributed by atoms with Gasteiger partial charge >= 0.3 is 0 Å². The fourth-order valence-corrected chi connectivity index (χ4v) is 2.97. The number of halogens is 3. The van der Waals surface area contributed by atoms with Crippen LogP contribution < -0.4 is 0 Å². The Balaban J connectivity index is 2.43. The van der Waals surface area contributed by atoms with Gasteiger partial charge in [-0.1, -0.05) is 41.4 Å². The van der Waals surface area contributed by atoms with Gasteiger partial charge in [-0.2, -0.15) is 0 Å². The van der Waals surface area contributed by atoms with E-state index in [1.54, 1.807) is 6.07 Å². The van der Waals surface area contributed by atoms with E-state index >= 15 is 0 Å². The van der Waals surface area contributed by atoms with Gasteiger partial charge in [0.2, 0.25) is 0 Å². The minimum Gasteiger partial charge on any atom is -0.293 e. The van der Waals surface area contributed by atoms with Gasteiger partial charge < -0.3 is 0 Å². The molecule has 0 saturated carbocycles. The number of aryl methyl sites for hydroxylation is 1. The Kier molecular flexibility index (Phi) is 3.87. The molecule has 108 valence electrons. The van der Waals surface area contributed by atoms with Gasteiger partial charge in [0.05, 0.1) is 32.1 Å². The van der Waals surface area contributed by atoms with Crippen molar-refractivity contribution in [1.82, 2.24) is 9.55 Å². The molecular weight excluding hydrogens is 327 g/mol. The highest BCUT2D eigenvalue weighted by atomic mass is 35.5. The Bertz CT molecular complexity index is 822. The fourth-order valence-electron chi connectivity index (χ4n) is 2.44. The van der Waals surface area contributed by atoms with Crippen LogP contribution in [0.1, 0.15) is 23.7 Å². The van der Waals surface area contributed by atoms with Crippen LogP contribution in [0.3, 0.4) is 0 Å². The highest BCUT2D eigenvalue weighted by molar-refractivity contribution is 6.43. The van der Waals surface area contributed by atoms with Crippen LogP contribution in [0.2, 0.25) is 10.0 Å². The lowest BCUT2D eigenvalue weighted by Crippen LogP contribution is -2.02. The SMILES string of the molecule is Cc1cccc2c1nc(C(C)Cl)n2-c1cccc(Cl)c1Cl. The first-order valence-corrected chi connectivity index (χ1v) is 7.76. The molecular formula is C16H13Cl3N2. The van der Waals surface area contributed by atoms with Crippen LogP contribution in [0, 0.1) is 6.92 Å². The number of hydrogen-bond donors (Lipinski definition) is 0. The number of para-hydroxylation sites is 1. The summed E-state index contributed by atoms with van der Waals surface area (Å²) in [5.41, 5.74) is 3.79. The number of rotatable bonds is 2. The van der Waals surface area contributed by atoms with E-state index < -0.39 is 0 Å². The minimum atomic E-state index is -0.244. The molecule has 3 rings (SSSR count). The Labute approximate surface area is 138 Å². The van der Waals surface area contributed by atoms with Crippen molar-refractivity contribution in [2.24, 2.45) is 0 Å². The molecule has 0 aliphatic rings. The predicted octanol–water partition coefficient (Wildman–Crippen LogP) is 5.94. The molecule has 1 atom stereocenters. The number of hydrogen-bond acceptors (Lipinski definition) is 1. The van der Waals surface area contributed by atoms with Crippen LogP contribution in [0.15, 0.2) is 36.4 Å². The maximum absolute atomic E-state index is 6.38. The Morgan fingerprint density at radius 1 is 1.10 bits per heavy atom. The lowest BCUT2D eigenvalue weighted by atomic mass is 10.2.